The molecule has 1 atom stereocenters. The van der Waals surface area contributed by atoms with Crippen molar-refractivity contribution in [3.05, 3.63) is 65.2 Å². The highest BCUT2D eigenvalue weighted by molar-refractivity contribution is 6.30. The van der Waals surface area contributed by atoms with Crippen LogP contribution in [0, 0.1) is 0 Å². The maximum absolute atomic E-state index is 6.12. The second kappa shape index (κ2) is 6.29. The lowest BCUT2D eigenvalue weighted by Crippen LogP contribution is -2.31. The number of anilines is 1. The van der Waals surface area contributed by atoms with E-state index in [1.807, 2.05) is 12.1 Å². The summed E-state index contributed by atoms with van der Waals surface area (Å²) in [5.74, 6) is 0. The summed E-state index contributed by atoms with van der Waals surface area (Å²) in [5, 5.41) is 4.44. The lowest BCUT2D eigenvalue weighted by molar-refractivity contribution is 0.570. The van der Waals surface area contributed by atoms with Crippen LogP contribution in [-0.4, -0.2) is 19.6 Å². The maximum atomic E-state index is 6.12. The molecule has 1 saturated heterocycles. The summed E-state index contributed by atoms with van der Waals surface area (Å²) >= 11 is 6.12. The van der Waals surface area contributed by atoms with Gasteiger partial charge in [-0.3, -0.25) is 0 Å². The Morgan fingerprint density at radius 3 is 2.70 bits per heavy atom. The molecule has 1 aliphatic rings. The van der Waals surface area contributed by atoms with Gasteiger partial charge in [0, 0.05) is 29.8 Å². The fourth-order valence-electron chi connectivity index (χ4n) is 2.74. The van der Waals surface area contributed by atoms with Gasteiger partial charge in [-0.15, -0.1) is 0 Å². The first-order chi connectivity index (χ1) is 9.83. The summed E-state index contributed by atoms with van der Waals surface area (Å²) in [7, 11) is 0. The summed E-state index contributed by atoms with van der Waals surface area (Å²) in [4.78, 5) is 2.42. The van der Waals surface area contributed by atoms with Gasteiger partial charge >= 0.3 is 0 Å². The molecule has 0 aromatic heterocycles. The Hall–Kier alpha value is -1.51. The van der Waals surface area contributed by atoms with E-state index in [-0.39, 0.29) is 0 Å². The fourth-order valence-corrected chi connectivity index (χ4v) is 2.92. The maximum Gasteiger partial charge on any atom is 0.0498 e. The van der Waals surface area contributed by atoms with Crippen LogP contribution in [0.25, 0.3) is 0 Å². The van der Waals surface area contributed by atoms with Gasteiger partial charge in [-0.25, -0.2) is 0 Å². The van der Waals surface area contributed by atoms with Crippen molar-refractivity contribution in [2.75, 3.05) is 24.5 Å². The molecular weight excluding hydrogens is 268 g/mol. The molecule has 2 aromatic carbocycles. The van der Waals surface area contributed by atoms with Gasteiger partial charge in [-0.2, -0.15) is 0 Å². The highest BCUT2D eigenvalue weighted by atomic mass is 35.5. The van der Waals surface area contributed by atoms with Gasteiger partial charge in [0.1, 0.15) is 0 Å². The summed E-state index contributed by atoms with van der Waals surface area (Å²) < 4.78 is 0. The number of hydrogen-bond donors (Lipinski definition) is 1. The van der Waals surface area contributed by atoms with Crippen molar-refractivity contribution < 1.29 is 0 Å². The predicted octanol–water partition coefficient (Wildman–Crippen LogP) is 3.88. The van der Waals surface area contributed by atoms with E-state index in [1.165, 1.54) is 11.3 Å². The second-order valence-electron chi connectivity index (χ2n) is 5.20. The molecular formula is C17H19ClN2. The zero-order valence-electron chi connectivity index (χ0n) is 11.4. The van der Waals surface area contributed by atoms with Gasteiger partial charge in [-0.1, -0.05) is 48.0 Å². The average Bonchev–Trinajstić information content (AvgIpc) is 2.74. The molecule has 1 unspecified atom stereocenters. The number of hydrogen-bond acceptors (Lipinski definition) is 2. The zero-order chi connectivity index (χ0) is 13.8. The van der Waals surface area contributed by atoms with Crippen molar-refractivity contribution in [1.29, 1.82) is 0 Å². The number of benzene rings is 2. The Morgan fingerprint density at radius 2 is 1.90 bits per heavy atom. The largest absolute Gasteiger partial charge is 0.370 e. The minimum absolute atomic E-state index is 0.373. The first-order valence-corrected chi connectivity index (χ1v) is 7.49. The Labute approximate surface area is 125 Å². The summed E-state index contributed by atoms with van der Waals surface area (Å²) in [6, 6.07) is 19.2. The lowest BCUT2D eigenvalue weighted by atomic mass is 10.1. The molecule has 104 valence electrons. The van der Waals surface area contributed by atoms with Crippen molar-refractivity contribution in [2.24, 2.45) is 0 Å². The van der Waals surface area contributed by atoms with Crippen molar-refractivity contribution in [1.82, 2.24) is 5.32 Å². The fraction of sp³-hybridized carbons (Fsp3) is 0.294. The van der Waals surface area contributed by atoms with Gasteiger partial charge in [-0.05, 0) is 36.7 Å². The second-order valence-corrected chi connectivity index (χ2v) is 5.63. The highest BCUT2D eigenvalue weighted by Gasteiger charge is 2.19. The van der Waals surface area contributed by atoms with Crippen molar-refractivity contribution in [3.8, 4) is 0 Å². The minimum Gasteiger partial charge on any atom is -0.370 e. The Bertz CT molecular complexity index is 556. The van der Waals surface area contributed by atoms with Crippen LogP contribution in [0.1, 0.15) is 18.0 Å². The van der Waals surface area contributed by atoms with Crippen LogP contribution in [0.15, 0.2) is 54.6 Å². The molecule has 0 aliphatic carbocycles. The molecule has 2 nitrogen and oxygen atoms in total. The number of halogens is 1. The highest BCUT2D eigenvalue weighted by Crippen LogP contribution is 2.24. The van der Waals surface area contributed by atoms with Crippen molar-refractivity contribution in [3.63, 3.8) is 0 Å². The molecule has 1 aliphatic heterocycles. The summed E-state index contributed by atoms with van der Waals surface area (Å²) in [6.45, 7) is 3.09. The van der Waals surface area contributed by atoms with E-state index in [0.717, 1.165) is 31.1 Å². The number of nitrogens with zero attached hydrogens (tertiary/aromatic N) is 1. The lowest BCUT2D eigenvalue weighted by Gasteiger charge is -2.27. The molecule has 1 N–H and O–H groups in total. The molecule has 0 bridgehead atoms. The quantitative estimate of drug-likeness (QED) is 0.901. The molecule has 3 heteroatoms. The van der Waals surface area contributed by atoms with Gasteiger partial charge < -0.3 is 10.2 Å². The number of nitrogens with one attached hydrogen (secondary N) is 1. The average molecular weight is 287 g/mol. The molecule has 0 radical (unpaired) electrons. The standard InChI is InChI=1S/C17H19ClN2/c18-15-8-4-9-16(12-15)20-11-5-10-19-17(13-20)14-6-2-1-3-7-14/h1-4,6-9,12,17,19H,5,10-11,13H2. The van der Waals surface area contributed by atoms with E-state index in [4.69, 9.17) is 11.6 Å². The van der Waals surface area contributed by atoms with Crippen molar-refractivity contribution in [2.45, 2.75) is 12.5 Å². The van der Waals surface area contributed by atoms with E-state index < -0.39 is 0 Å². The van der Waals surface area contributed by atoms with E-state index in [0.29, 0.717) is 6.04 Å². The first kappa shape index (κ1) is 13.5. The van der Waals surface area contributed by atoms with Crippen molar-refractivity contribution >= 4 is 17.3 Å². The Balaban J connectivity index is 1.82. The van der Waals surface area contributed by atoms with Crippen LogP contribution >= 0.6 is 11.6 Å². The van der Waals surface area contributed by atoms with Gasteiger partial charge in [0.15, 0.2) is 0 Å². The molecule has 0 saturated carbocycles. The van der Waals surface area contributed by atoms with Crippen LogP contribution in [0.5, 0.6) is 0 Å². The molecule has 20 heavy (non-hydrogen) atoms. The smallest absolute Gasteiger partial charge is 0.0498 e. The molecule has 3 rings (SSSR count). The van der Waals surface area contributed by atoms with Gasteiger partial charge in [0.05, 0.1) is 0 Å². The molecule has 1 heterocycles. The first-order valence-electron chi connectivity index (χ1n) is 7.12. The molecule has 0 amide bonds. The van der Waals surface area contributed by atoms with E-state index in [9.17, 15) is 0 Å². The van der Waals surface area contributed by atoms with E-state index >= 15 is 0 Å². The third kappa shape index (κ3) is 3.14. The van der Waals surface area contributed by atoms with Crippen LogP contribution in [0.4, 0.5) is 5.69 Å². The Kier molecular flexibility index (Phi) is 4.24. The van der Waals surface area contributed by atoms with Crippen LogP contribution in [-0.2, 0) is 0 Å². The number of rotatable bonds is 2. The minimum atomic E-state index is 0.373. The SMILES string of the molecule is Clc1cccc(N2CCCNC(c3ccccc3)C2)c1. The zero-order valence-corrected chi connectivity index (χ0v) is 12.2. The predicted molar refractivity (Wildman–Crippen MR) is 85.5 cm³/mol. The monoisotopic (exact) mass is 286 g/mol. The Morgan fingerprint density at radius 1 is 1.05 bits per heavy atom. The topological polar surface area (TPSA) is 15.3 Å². The van der Waals surface area contributed by atoms with Crippen LogP contribution in [0.3, 0.4) is 0 Å². The van der Waals surface area contributed by atoms with E-state index in [2.05, 4.69) is 52.7 Å². The molecule has 1 fully saturated rings. The molecule has 2 aromatic rings. The van der Waals surface area contributed by atoms with Gasteiger partial charge in [0.25, 0.3) is 0 Å². The molecule has 0 spiro atoms. The van der Waals surface area contributed by atoms with Crippen LogP contribution in [0.2, 0.25) is 5.02 Å². The van der Waals surface area contributed by atoms with Gasteiger partial charge in [0.2, 0.25) is 0 Å². The third-order valence-electron chi connectivity index (χ3n) is 3.77. The van der Waals surface area contributed by atoms with E-state index in [1.54, 1.807) is 0 Å². The summed E-state index contributed by atoms with van der Waals surface area (Å²) in [6.07, 6.45) is 1.15. The normalized spacial score (nSPS) is 19.6. The third-order valence-corrected chi connectivity index (χ3v) is 4.01. The summed E-state index contributed by atoms with van der Waals surface area (Å²) in [5.41, 5.74) is 2.56. The van der Waals surface area contributed by atoms with Crippen LogP contribution < -0.4 is 10.2 Å².